The highest BCUT2D eigenvalue weighted by molar-refractivity contribution is 7.99. The van der Waals surface area contributed by atoms with Crippen molar-refractivity contribution in [3.63, 3.8) is 0 Å². The van der Waals surface area contributed by atoms with Gasteiger partial charge in [0.05, 0.1) is 5.69 Å². The van der Waals surface area contributed by atoms with Gasteiger partial charge in [0.2, 0.25) is 0 Å². The first kappa shape index (κ1) is 11.2. The molecule has 2 unspecified atom stereocenters. The molecule has 1 saturated heterocycles. The average molecular weight is 260 g/mol. The zero-order chi connectivity index (χ0) is 12.1. The minimum atomic E-state index is 0.729. The van der Waals surface area contributed by atoms with E-state index < -0.39 is 0 Å². The third-order valence-corrected chi connectivity index (χ3v) is 5.98. The molecule has 0 radical (unpaired) electrons. The number of piperidine rings is 1. The van der Waals surface area contributed by atoms with E-state index in [0.717, 1.165) is 12.0 Å². The summed E-state index contributed by atoms with van der Waals surface area (Å²) in [6, 6.07) is 5.49. The molecule has 0 spiro atoms. The van der Waals surface area contributed by atoms with Gasteiger partial charge < -0.3 is 10.2 Å². The fourth-order valence-corrected chi connectivity index (χ4v) is 5.00. The van der Waals surface area contributed by atoms with Gasteiger partial charge in [-0.1, -0.05) is 12.1 Å². The number of hydrogen-bond acceptors (Lipinski definition) is 3. The molecule has 0 bridgehead atoms. The van der Waals surface area contributed by atoms with Crippen LogP contribution in [0, 0.1) is 6.92 Å². The Bertz CT molecular complexity index is 486. The maximum absolute atomic E-state index is 3.58. The highest BCUT2D eigenvalue weighted by Crippen LogP contribution is 2.50. The van der Waals surface area contributed by atoms with Crippen LogP contribution in [0.4, 0.5) is 5.69 Å². The zero-order valence-electron chi connectivity index (χ0n) is 10.9. The number of thioether (sulfide) groups is 1. The zero-order valence-corrected chi connectivity index (χ0v) is 11.7. The Morgan fingerprint density at radius 3 is 3.28 bits per heavy atom. The molecule has 0 amide bonds. The van der Waals surface area contributed by atoms with Crippen molar-refractivity contribution in [2.75, 3.05) is 30.3 Å². The number of anilines is 1. The summed E-state index contributed by atoms with van der Waals surface area (Å²) in [4.78, 5) is 4.31. The molecule has 1 aromatic rings. The van der Waals surface area contributed by atoms with Crippen molar-refractivity contribution in [1.82, 2.24) is 5.32 Å². The van der Waals surface area contributed by atoms with E-state index in [4.69, 9.17) is 0 Å². The van der Waals surface area contributed by atoms with Crippen molar-refractivity contribution in [2.24, 2.45) is 0 Å². The van der Waals surface area contributed by atoms with Crippen LogP contribution >= 0.6 is 11.8 Å². The minimum absolute atomic E-state index is 0.729. The van der Waals surface area contributed by atoms with Gasteiger partial charge in [-0.05, 0) is 43.2 Å². The molecular formula is C15H20N2S. The molecule has 0 saturated carbocycles. The molecule has 2 nitrogen and oxygen atoms in total. The highest BCUT2D eigenvalue weighted by Gasteiger charge is 2.41. The molecule has 96 valence electrons. The van der Waals surface area contributed by atoms with Gasteiger partial charge in [0.15, 0.2) is 0 Å². The Kier molecular flexibility index (Phi) is 2.59. The first-order valence-corrected chi connectivity index (χ1v) is 8.08. The third-order valence-electron chi connectivity index (χ3n) is 4.68. The largest absolute Gasteiger partial charge is 0.367 e. The van der Waals surface area contributed by atoms with Crippen molar-refractivity contribution in [3.8, 4) is 0 Å². The van der Waals surface area contributed by atoms with Crippen LogP contribution < -0.4 is 10.2 Å². The normalized spacial score (nSPS) is 29.7. The molecule has 3 heterocycles. The van der Waals surface area contributed by atoms with Crippen molar-refractivity contribution >= 4 is 17.4 Å². The smallest absolute Gasteiger partial charge is 0.0546 e. The average Bonchev–Trinajstić information content (AvgIpc) is 2.57. The Morgan fingerprint density at radius 2 is 2.33 bits per heavy atom. The predicted octanol–water partition coefficient (Wildman–Crippen LogP) is 2.76. The quantitative estimate of drug-likeness (QED) is 0.772. The Balaban J connectivity index is 1.90. The first-order valence-electron chi connectivity index (χ1n) is 7.10. The van der Waals surface area contributed by atoms with E-state index in [9.17, 15) is 0 Å². The van der Waals surface area contributed by atoms with Crippen LogP contribution in [-0.2, 0) is 0 Å². The van der Waals surface area contributed by atoms with Gasteiger partial charge in [0.25, 0.3) is 0 Å². The number of fused-ring (bicyclic) bond motifs is 3. The van der Waals surface area contributed by atoms with Crippen LogP contribution in [0.1, 0.15) is 29.9 Å². The number of nitrogens with one attached hydrogen (secondary N) is 1. The van der Waals surface area contributed by atoms with Crippen molar-refractivity contribution in [1.29, 1.82) is 0 Å². The van der Waals surface area contributed by atoms with Crippen LogP contribution in [0.2, 0.25) is 0 Å². The molecule has 1 N–H and O–H groups in total. The highest BCUT2D eigenvalue weighted by atomic mass is 32.2. The number of nitrogens with zero attached hydrogens (tertiary/aromatic N) is 1. The Hall–Kier alpha value is -0.670. The maximum atomic E-state index is 3.58. The molecule has 2 atom stereocenters. The number of benzene rings is 1. The van der Waals surface area contributed by atoms with Crippen LogP contribution in [0.15, 0.2) is 17.0 Å². The van der Waals surface area contributed by atoms with E-state index in [1.165, 1.54) is 43.8 Å². The molecule has 4 rings (SSSR count). The lowest BCUT2D eigenvalue weighted by atomic mass is 9.90. The van der Waals surface area contributed by atoms with E-state index in [1.54, 1.807) is 16.1 Å². The standard InChI is InChI=1S/C15H20N2S/c1-10-3-4-11-12-9-16-6-5-13(12)17-7-2-8-18-15(10)14(11)17/h3-4,12-13,16H,2,5-9H2,1H3. The number of rotatable bonds is 0. The molecular weight excluding hydrogens is 240 g/mol. The SMILES string of the molecule is Cc1ccc2c3c1SCCCN3C1CCNCC21. The summed E-state index contributed by atoms with van der Waals surface area (Å²) in [7, 11) is 0. The van der Waals surface area contributed by atoms with Crippen LogP contribution in [0.25, 0.3) is 0 Å². The van der Waals surface area contributed by atoms with Crippen LogP contribution in [0.5, 0.6) is 0 Å². The fraction of sp³-hybridized carbons (Fsp3) is 0.600. The Morgan fingerprint density at radius 1 is 1.39 bits per heavy atom. The van der Waals surface area contributed by atoms with Gasteiger partial charge in [0, 0.05) is 29.9 Å². The monoisotopic (exact) mass is 260 g/mol. The summed E-state index contributed by atoms with van der Waals surface area (Å²) in [6.45, 7) is 5.89. The van der Waals surface area contributed by atoms with Gasteiger partial charge >= 0.3 is 0 Å². The first-order chi connectivity index (χ1) is 8.86. The molecule has 0 aromatic heterocycles. The van der Waals surface area contributed by atoms with Crippen molar-refractivity contribution in [3.05, 3.63) is 23.3 Å². The van der Waals surface area contributed by atoms with E-state index in [-0.39, 0.29) is 0 Å². The van der Waals surface area contributed by atoms with E-state index >= 15 is 0 Å². The molecule has 1 fully saturated rings. The summed E-state index contributed by atoms with van der Waals surface area (Å²) < 4.78 is 0. The predicted molar refractivity (Wildman–Crippen MR) is 77.9 cm³/mol. The van der Waals surface area contributed by atoms with Crippen molar-refractivity contribution < 1.29 is 0 Å². The summed E-state index contributed by atoms with van der Waals surface area (Å²) in [5.41, 5.74) is 4.68. The second kappa shape index (κ2) is 4.17. The second-order valence-corrected chi connectivity index (χ2v) is 6.82. The topological polar surface area (TPSA) is 15.3 Å². The fourth-order valence-electron chi connectivity index (χ4n) is 3.85. The maximum Gasteiger partial charge on any atom is 0.0546 e. The summed E-state index contributed by atoms with van der Waals surface area (Å²) in [6.07, 6.45) is 2.64. The summed E-state index contributed by atoms with van der Waals surface area (Å²) in [5.74, 6) is 2.01. The molecule has 3 aliphatic heterocycles. The van der Waals surface area contributed by atoms with E-state index in [1.807, 2.05) is 0 Å². The Labute approximate surface area is 113 Å². The number of aryl methyl sites for hydroxylation is 1. The molecule has 18 heavy (non-hydrogen) atoms. The third kappa shape index (κ3) is 1.47. The second-order valence-electron chi connectivity index (χ2n) is 5.71. The van der Waals surface area contributed by atoms with Crippen molar-refractivity contribution in [2.45, 2.75) is 36.6 Å². The number of hydrogen-bond donors (Lipinski definition) is 1. The van der Waals surface area contributed by atoms with Crippen LogP contribution in [-0.4, -0.2) is 31.4 Å². The molecule has 0 aliphatic carbocycles. The lowest BCUT2D eigenvalue weighted by molar-refractivity contribution is 0.403. The summed E-state index contributed by atoms with van der Waals surface area (Å²) >= 11 is 2.08. The van der Waals surface area contributed by atoms with Gasteiger partial charge in [-0.2, -0.15) is 0 Å². The van der Waals surface area contributed by atoms with Gasteiger partial charge in [-0.15, -0.1) is 11.8 Å². The lowest BCUT2D eigenvalue weighted by Gasteiger charge is -2.33. The van der Waals surface area contributed by atoms with Gasteiger partial charge in [-0.3, -0.25) is 0 Å². The molecule has 1 aromatic carbocycles. The van der Waals surface area contributed by atoms with Crippen LogP contribution in [0.3, 0.4) is 0 Å². The van der Waals surface area contributed by atoms with E-state index in [0.29, 0.717) is 0 Å². The lowest BCUT2D eigenvalue weighted by Crippen LogP contribution is -2.44. The minimum Gasteiger partial charge on any atom is -0.367 e. The molecule has 3 heteroatoms. The van der Waals surface area contributed by atoms with Gasteiger partial charge in [0.1, 0.15) is 0 Å². The summed E-state index contributed by atoms with van der Waals surface area (Å²) in [5, 5.41) is 3.58. The van der Waals surface area contributed by atoms with E-state index in [2.05, 4.69) is 41.0 Å². The molecule has 3 aliphatic rings. The van der Waals surface area contributed by atoms with Gasteiger partial charge in [-0.25, -0.2) is 0 Å².